The van der Waals surface area contributed by atoms with Crippen LogP contribution in [0.15, 0.2) is 18.2 Å². The molecule has 0 heterocycles. The fourth-order valence-corrected chi connectivity index (χ4v) is 1.47. The van der Waals surface area contributed by atoms with Gasteiger partial charge in [-0.15, -0.1) is 11.6 Å². The number of nitrogens with two attached hydrogens (primary N) is 1. The lowest BCUT2D eigenvalue weighted by Crippen LogP contribution is -2.05. The molecule has 0 aliphatic carbocycles. The number of Topliss-reactive ketones (excluding diaryl/α,β-unsaturated/α-hetero) is 1. The van der Waals surface area contributed by atoms with Crippen molar-refractivity contribution in [3.8, 4) is 0 Å². The maximum absolute atomic E-state index is 11.5. The van der Waals surface area contributed by atoms with E-state index in [1.165, 1.54) is 0 Å². The summed E-state index contributed by atoms with van der Waals surface area (Å²) in [7, 11) is 0. The number of ketones is 1. The first-order chi connectivity index (χ1) is 6.20. The van der Waals surface area contributed by atoms with Crippen LogP contribution in [0.4, 0.5) is 5.69 Å². The minimum Gasteiger partial charge on any atom is -0.398 e. The van der Waals surface area contributed by atoms with Gasteiger partial charge in [0.05, 0.1) is 0 Å². The molecule has 0 radical (unpaired) electrons. The number of halogens is 1. The summed E-state index contributed by atoms with van der Waals surface area (Å²) < 4.78 is 0. The van der Waals surface area contributed by atoms with Gasteiger partial charge in [-0.3, -0.25) is 4.79 Å². The average molecular weight is 198 g/mol. The zero-order chi connectivity index (χ0) is 9.84. The van der Waals surface area contributed by atoms with Gasteiger partial charge in [-0.2, -0.15) is 0 Å². The van der Waals surface area contributed by atoms with Gasteiger partial charge in [-0.25, -0.2) is 0 Å². The van der Waals surface area contributed by atoms with Gasteiger partial charge >= 0.3 is 0 Å². The molecule has 0 amide bonds. The van der Waals surface area contributed by atoms with Gasteiger partial charge in [0.15, 0.2) is 5.78 Å². The Morgan fingerprint density at radius 3 is 2.77 bits per heavy atom. The maximum atomic E-state index is 11.5. The van der Waals surface area contributed by atoms with E-state index >= 15 is 0 Å². The van der Waals surface area contributed by atoms with E-state index in [1.54, 1.807) is 12.1 Å². The third-order valence-electron chi connectivity index (χ3n) is 1.93. The smallest absolute Gasteiger partial charge is 0.164 e. The first-order valence-electron chi connectivity index (χ1n) is 4.17. The van der Waals surface area contributed by atoms with Crippen molar-refractivity contribution in [2.45, 2.75) is 19.2 Å². The minimum absolute atomic E-state index is 0.0498. The average Bonchev–Trinajstić information content (AvgIpc) is 2.16. The van der Waals surface area contributed by atoms with Gasteiger partial charge < -0.3 is 5.73 Å². The van der Waals surface area contributed by atoms with E-state index in [4.69, 9.17) is 17.3 Å². The number of carbonyl (C=O) groups excluding carboxylic acids is 1. The number of hydrogen-bond donors (Lipinski definition) is 1. The van der Waals surface area contributed by atoms with Crippen molar-refractivity contribution in [3.63, 3.8) is 0 Å². The Kier molecular flexibility index (Phi) is 3.32. The molecule has 0 aromatic heterocycles. The molecule has 70 valence electrons. The van der Waals surface area contributed by atoms with Crippen LogP contribution in [0, 0.1) is 0 Å². The number of alkyl halides is 1. The van der Waals surface area contributed by atoms with E-state index < -0.39 is 0 Å². The predicted molar refractivity (Wildman–Crippen MR) is 55.0 cm³/mol. The van der Waals surface area contributed by atoms with E-state index in [9.17, 15) is 4.79 Å². The number of rotatable bonds is 3. The van der Waals surface area contributed by atoms with E-state index in [2.05, 4.69) is 0 Å². The first kappa shape index (κ1) is 10.1. The van der Waals surface area contributed by atoms with Gasteiger partial charge in [0.2, 0.25) is 0 Å². The Balaban J connectivity index is 3.22. The van der Waals surface area contributed by atoms with Crippen LogP contribution in [-0.4, -0.2) is 5.78 Å². The van der Waals surface area contributed by atoms with E-state index in [1.807, 2.05) is 13.0 Å². The first-order valence-corrected chi connectivity index (χ1v) is 4.70. The largest absolute Gasteiger partial charge is 0.398 e. The highest BCUT2D eigenvalue weighted by atomic mass is 35.5. The second-order valence-electron chi connectivity index (χ2n) is 2.79. The van der Waals surface area contributed by atoms with Crippen molar-refractivity contribution < 1.29 is 4.79 Å². The molecule has 1 aromatic rings. The van der Waals surface area contributed by atoms with Crippen LogP contribution >= 0.6 is 11.6 Å². The molecule has 0 atom stereocenters. The summed E-state index contributed by atoms with van der Waals surface area (Å²) in [5, 5.41) is 0. The molecule has 0 saturated carbocycles. The quantitative estimate of drug-likeness (QED) is 0.460. The molecule has 0 spiro atoms. The number of carbonyl (C=O) groups is 1. The lowest BCUT2D eigenvalue weighted by Gasteiger charge is -2.07. The molecule has 0 aliphatic heterocycles. The minimum atomic E-state index is 0.0498. The molecule has 0 unspecified atom stereocenters. The number of benzene rings is 1. The molecule has 2 N–H and O–H groups in total. The Labute approximate surface area is 82.7 Å². The number of anilines is 1. The van der Waals surface area contributed by atoms with Crippen molar-refractivity contribution in [1.29, 1.82) is 0 Å². The number of nitrogen functional groups attached to an aromatic ring is 1. The normalized spacial score (nSPS) is 10.0. The summed E-state index contributed by atoms with van der Waals surface area (Å²) in [5.41, 5.74) is 7.61. The molecule has 0 fully saturated rings. The Hall–Kier alpha value is -1.02. The highest BCUT2D eigenvalue weighted by Crippen LogP contribution is 2.20. The van der Waals surface area contributed by atoms with Crippen LogP contribution in [-0.2, 0) is 5.88 Å². The van der Waals surface area contributed by atoms with Crippen LogP contribution in [0.25, 0.3) is 0 Å². The second kappa shape index (κ2) is 4.28. The van der Waals surface area contributed by atoms with Gasteiger partial charge in [0.25, 0.3) is 0 Å². The zero-order valence-corrected chi connectivity index (χ0v) is 8.27. The summed E-state index contributed by atoms with van der Waals surface area (Å²) in [6.07, 6.45) is 0.456. The topological polar surface area (TPSA) is 43.1 Å². The molecule has 0 aliphatic rings. The van der Waals surface area contributed by atoms with E-state index in [0.717, 1.165) is 5.56 Å². The summed E-state index contributed by atoms with van der Waals surface area (Å²) in [5.74, 6) is 0.375. The number of hydrogen-bond acceptors (Lipinski definition) is 2. The van der Waals surface area contributed by atoms with Crippen molar-refractivity contribution in [2.24, 2.45) is 0 Å². The lowest BCUT2D eigenvalue weighted by molar-refractivity contribution is 0.0988. The molecular formula is C10H12ClNO. The zero-order valence-electron chi connectivity index (χ0n) is 7.51. The fraction of sp³-hybridized carbons (Fsp3) is 0.300. The maximum Gasteiger partial charge on any atom is 0.164 e. The lowest BCUT2D eigenvalue weighted by atomic mass is 10.0. The molecule has 0 bridgehead atoms. The van der Waals surface area contributed by atoms with E-state index in [0.29, 0.717) is 23.6 Å². The van der Waals surface area contributed by atoms with Crippen molar-refractivity contribution in [1.82, 2.24) is 0 Å². The van der Waals surface area contributed by atoms with Crippen molar-refractivity contribution in [3.05, 3.63) is 29.3 Å². The van der Waals surface area contributed by atoms with Crippen LogP contribution in [0.5, 0.6) is 0 Å². The predicted octanol–water partition coefficient (Wildman–Crippen LogP) is 2.60. The van der Waals surface area contributed by atoms with Gasteiger partial charge in [-0.1, -0.05) is 19.1 Å². The third-order valence-corrected chi connectivity index (χ3v) is 2.21. The molecule has 1 aromatic carbocycles. The molecule has 3 heteroatoms. The van der Waals surface area contributed by atoms with Crippen LogP contribution < -0.4 is 5.73 Å². The van der Waals surface area contributed by atoms with Gasteiger partial charge in [-0.05, 0) is 11.6 Å². The molecule has 0 saturated heterocycles. The molecule has 13 heavy (non-hydrogen) atoms. The van der Waals surface area contributed by atoms with E-state index in [-0.39, 0.29) is 5.78 Å². The summed E-state index contributed by atoms with van der Waals surface area (Å²) >= 11 is 5.70. The van der Waals surface area contributed by atoms with Crippen LogP contribution in [0.1, 0.15) is 29.3 Å². The Morgan fingerprint density at radius 2 is 2.23 bits per heavy atom. The standard InChI is InChI=1S/C10H12ClNO/c1-2-9(13)10-7(6-11)4-3-5-8(10)12/h3-5H,2,6,12H2,1H3. The van der Waals surface area contributed by atoms with Gasteiger partial charge in [0, 0.05) is 23.6 Å². The Bertz CT molecular complexity index is 323. The fourth-order valence-electron chi connectivity index (χ4n) is 1.25. The summed E-state index contributed by atoms with van der Waals surface area (Å²) in [6.45, 7) is 1.81. The Morgan fingerprint density at radius 1 is 1.54 bits per heavy atom. The summed E-state index contributed by atoms with van der Waals surface area (Å²) in [6, 6.07) is 5.35. The van der Waals surface area contributed by atoms with Crippen LogP contribution in [0.3, 0.4) is 0 Å². The highest BCUT2D eigenvalue weighted by Gasteiger charge is 2.11. The SMILES string of the molecule is CCC(=O)c1c(N)cccc1CCl. The highest BCUT2D eigenvalue weighted by molar-refractivity contribution is 6.18. The molecule has 2 nitrogen and oxygen atoms in total. The third kappa shape index (κ3) is 2.01. The van der Waals surface area contributed by atoms with Gasteiger partial charge in [0.1, 0.15) is 0 Å². The molecule has 1 rings (SSSR count). The summed E-state index contributed by atoms with van der Waals surface area (Å²) in [4.78, 5) is 11.5. The van der Waals surface area contributed by atoms with Crippen molar-refractivity contribution >= 4 is 23.1 Å². The molecular weight excluding hydrogens is 186 g/mol. The van der Waals surface area contributed by atoms with Crippen molar-refractivity contribution in [2.75, 3.05) is 5.73 Å². The monoisotopic (exact) mass is 197 g/mol. The second-order valence-corrected chi connectivity index (χ2v) is 3.06. The van der Waals surface area contributed by atoms with Crippen LogP contribution in [0.2, 0.25) is 0 Å².